The first-order chi connectivity index (χ1) is 8.30. The molecule has 1 aromatic rings. The lowest BCUT2D eigenvalue weighted by Gasteiger charge is -2.24. The lowest BCUT2D eigenvalue weighted by Crippen LogP contribution is -2.37. The number of sulfonamides is 1. The van der Waals surface area contributed by atoms with Gasteiger partial charge in [-0.25, -0.2) is 8.42 Å². The molecule has 0 aliphatic rings. The molecule has 18 heavy (non-hydrogen) atoms. The number of hydrogen-bond donors (Lipinski definition) is 0. The molecule has 1 heterocycles. The summed E-state index contributed by atoms with van der Waals surface area (Å²) in [5, 5.41) is 0. The smallest absolute Gasteiger partial charge is 0.206 e. The molecule has 1 aromatic heterocycles. The third-order valence-corrected chi connectivity index (χ3v) is 7.41. The Kier molecular flexibility index (Phi) is 6.12. The maximum absolute atomic E-state index is 12.5. The zero-order chi connectivity index (χ0) is 13.9. The molecule has 0 saturated carbocycles. The molecule has 0 atom stereocenters. The Morgan fingerprint density at radius 1 is 1.50 bits per heavy atom. The Balaban J connectivity index is 3.08. The van der Waals surface area contributed by atoms with Crippen molar-refractivity contribution in [2.75, 3.05) is 12.4 Å². The third kappa shape index (κ3) is 3.70. The lowest BCUT2D eigenvalue weighted by atomic mass is 10.4. The van der Waals surface area contributed by atoms with E-state index in [-0.39, 0.29) is 6.04 Å². The Morgan fingerprint density at radius 3 is 2.50 bits per heavy atom. The van der Waals surface area contributed by atoms with E-state index in [9.17, 15) is 8.42 Å². The number of nitrogens with zero attached hydrogens (tertiary/aromatic N) is 1. The average Bonchev–Trinajstić information content (AvgIpc) is 2.59. The van der Waals surface area contributed by atoms with Crippen LogP contribution in [-0.4, -0.2) is 31.2 Å². The van der Waals surface area contributed by atoms with E-state index in [2.05, 4.69) is 15.9 Å². The highest BCUT2D eigenvalue weighted by Gasteiger charge is 2.28. The molecule has 1 rings (SSSR count). The van der Waals surface area contributed by atoms with E-state index >= 15 is 0 Å². The molecule has 3 nitrogen and oxygen atoms in total. The van der Waals surface area contributed by atoms with E-state index in [1.807, 2.05) is 20.8 Å². The number of halogens is 2. The van der Waals surface area contributed by atoms with Gasteiger partial charge in [0.05, 0.1) is 3.79 Å². The zero-order valence-corrected chi connectivity index (χ0v) is 14.6. The van der Waals surface area contributed by atoms with Gasteiger partial charge in [-0.2, -0.15) is 4.31 Å². The van der Waals surface area contributed by atoms with Gasteiger partial charge in [-0.05, 0) is 54.8 Å². The largest absolute Gasteiger partial charge is 0.252 e. The summed E-state index contributed by atoms with van der Waals surface area (Å²) in [5.74, 6) is 0.464. The molecule has 0 N–H and O–H groups in total. The maximum atomic E-state index is 12.5. The van der Waals surface area contributed by atoms with Gasteiger partial charge >= 0.3 is 0 Å². The Hall–Kier alpha value is 0.380. The van der Waals surface area contributed by atoms with Crippen molar-refractivity contribution in [2.24, 2.45) is 0 Å². The van der Waals surface area contributed by atoms with Crippen LogP contribution in [0.3, 0.4) is 0 Å². The Bertz CT molecular complexity index is 480. The highest BCUT2D eigenvalue weighted by Crippen LogP contribution is 2.32. The van der Waals surface area contributed by atoms with Crippen LogP contribution in [0.1, 0.15) is 25.8 Å². The van der Waals surface area contributed by atoms with Gasteiger partial charge < -0.3 is 0 Å². The van der Waals surface area contributed by atoms with Crippen LogP contribution in [0, 0.1) is 6.92 Å². The van der Waals surface area contributed by atoms with Crippen LogP contribution in [0.4, 0.5) is 0 Å². The van der Waals surface area contributed by atoms with Crippen LogP contribution in [0.5, 0.6) is 0 Å². The summed E-state index contributed by atoms with van der Waals surface area (Å²) >= 11 is 10.3. The minimum atomic E-state index is -3.41. The number of rotatable bonds is 6. The summed E-state index contributed by atoms with van der Waals surface area (Å²) in [6.45, 7) is 6.10. The highest BCUT2D eigenvalue weighted by atomic mass is 79.9. The zero-order valence-electron chi connectivity index (χ0n) is 10.6. The molecule has 0 aliphatic carbocycles. The molecular formula is C11H17BrClNO2S2. The van der Waals surface area contributed by atoms with Gasteiger partial charge in [-0.1, -0.05) is 0 Å². The van der Waals surface area contributed by atoms with E-state index in [1.54, 1.807) is 6.07 Å². The summed E-state index contributed by atoms with van der Waals surface area (Å²) < 4.78 is 27.8. The van der Waals surface area contributed by atoms with Gasteiger partial charge in [0.1, 0.15) is 4.21 Å². The number of thiophene rings is 1. The van der Waals surface area contributed by atoms with E-state index in [0.717, 1.165) is 9.35 Å². The van der Waals surface area contributed by atoms with Gasteiger partial charge in [-0.15, -0.1) is 22.9 Å². The lowest BCUT2D eigenvalue weighted by molar-refractivity contribution is 0.355. The van der Waals surface area contributed by atoms with Crippen LogP contribution in [0.2, 0.25) is 0 Å². The van der Waals surface area contributed by atoms with Crippen molar-refractivity contribution in [2.45, 2.75) is 37.4 Å². The van der Waals surface area contributed by atoms with Gasteiger partial charge in [0.25, 0.3) is 10.0 Å². The van der Waals surface area contributed by atoms with Gasteiger partial charge in [-0.3, -0.25) is 0 Å². The van der Waals surface area contributed by atoms with E-state index in [0.29, 0.717) is 23.1 Å². The molecule has 0 amide bonds. The Labute approximate surface area is 126 Å². The predicted octanol–water partition coefficient (Wildman–Crippen LogP) is 3.85. The molecule has 0 radical (unpaired) electrons. The van der Waals surface area contributed by atoms with Gasteiger partial charge in [0.2, 0.25) is 0 Å². The van der Waals surface area contributed by atoms with Crippen molar-refractivity contribution in [3.05, 3.63) is 15.4 Å². The summed E-state index contributed by atoms with van der Waals surface area (Å²) in [6, 6.07) is 1.64. The first-order valence-electron chi connectivity index (χ1n) is 5.64. The fraction of sp³-hybridized carbons (Fsp3) is 0.636. The third-order valence-electron chi connectivity index (χ3n) is 2.49. The minimum absolute atomic E-state index is 0.0700. The molecule has 0 spiro atoms. The van der Waals surface area contributed by atoms with Crippen LogP contribution in [0.25, 0.3) is 0 Å². The van der Waals surface area contributed by atoms with Crippen LogP contribution >= 0.6 is 38.9 Å². The maximum Gasteiger partial charge on any atom is 0.252 e. The number of alkyl halides is 1. The van der Waals surface area contributed by atoms with Gasteiger partial charge in [0.15, 0.2) is 0 Å². The van der Waals surface area contributed by atoms with Crippen molar-refractivity contribution >= 4 is 48.9 Å². The number of aryl methyl sites for hydroxylation is 1. The molecule has 104 valence electrons. The fourth-order valence-electron chi connectivity index (χ4n) is 1.55. The minimum Gasteiger partial charge on any atom is -0.206 e. The quantitative estimate of drug-likeness (QED) is 0.709. The molecule has 0 unspecified atom stereocenters. The fourth-order valence-corrected chi connectivity index (χ4v) is 5.70. The van der Waals surface area contributed by atoms with E-state index < -0.39 is 10.0 Å². The van der Waals surface area contributed by atoms with Crippen molar-refractivity contribution < 1.29 is 8.42 Å². The highest BCUT2D eigenvalue weighted by molar-refractivity contribution is 9.11. The summed E-state index contributed by atoms with van der Waals surface area (Å²) in [4.78, 5) is 0. The van der Waals surface area contributed by atoms with E-state index in [4.69, 9.17) is 11.6 Å². The molecular weight excluding hydrogens is 358 g/mol. The van der Waals surface area contributed by atoms with Crippen LogP contribution < -0.4 is 0 Å². The van der Waals surface area contributed by atoms with Gasteiger partial charge in [0, 0.05) is 18.5 Å². The predicted molar refractivity (Wildman–Crippen MR) is 81.1 cm³/mol. The van der Waals surface area contributed by atoms with Crippen LogP contribution in [0.15, 0.2) is 14.1 Å². The summed E-state index contributed by atoms with van der Waals surface area (Å²) in [7, 11) is -3.41. The second-order valence-electron chi connectivity index (χ2n) is 4.27. The van der Waals surface area contributed by atoms with Crippen molar-refractivity contribution in [3.8, 4) is 0 Å². The SMILES string of the molecule is Cc1cc(S(=O)(=O)N(CCCCl)C(C)C)sc1Br. The molecule has 0 aliphatic heterocycles. The molecule has 0 aromatic carbocycles. The summed E-state index contributed by atoms with van der Waals surface area (Å²) in [5.41, 5.74) is 0.944. The van der Waals surface area contributed by atoms with Crippen molar-refractivity contribution in [1.82, 2.24) is 4.31 Å². The average molecular weight is 375 g/mol. The molecule has 0 saturated heterocycles. The molecule has 0 bridgehead atoms. The second-order valence-corrected chi connectivity index (χ2v) is 9.14. The topological polar surface area (TPSA) is 37.4 Å². The monoisotopic (exact) mass is 373 g/mol. The Morgan fingerprint density at radius 2 is 2.11 bits per heavy atom. The standard InChI is InChI=1S/C11H17BrClNO2S2/c1-8(2)14(6-4-5-13)18(15,16)10-7-9(3)11(12)17-10/h7-8H,4-6H2,1-3H3. The second kappa shape index (κ2) is 6.70. The molecule has 0 fully saturated rings. The number of hydrogen-bond acceptors (Lipinski definition) is 3. The van der Waals surface area contributed by atoms with Crippen LogP contribution in [-0.2, 0) is 10.0 Å². The first kappa shape index (κ1) is 16.4. The van der Waals surface area contributed by atoms with Crippen molar-refractivity contribution in [1.29, 1.82) is 0 Å². The first-order valence-corrected chi connectivity index (χ1v) is 9.23. The van der Waals surface area contributed by atoms with E-state index in [1.165, 1.54) is 15.6 Å². The summed E-state index contributed by atoms with van der Waals surface area (Å²) in [6.07, 6.45) is 0.657. The molecule has 7 heteroatoms. The normalized spacial score (nSPS) is 12.6. The van der Waals surface area contributed by atoms with Crippen molar-refractivity contribution in [3.63, 3.8) is 0 Å².